The summed E-state index contributed by atoms with van der Waals surface area (Å²) in [6, 6.07) is 4.61. The first-order valence-corrected chi connectivity index (χ1v) is 7.08. The maximum atomic E-state index is 13.2. The predicted octanol–water partition coefficient (Wildman–Crippen LogP) is 2.83. The average molecular weight is 297 g/mol. The van der Waals surface area contributed by atoms with Gasteiger partial charge in [0.2, 0.25) is 0 Å². The van der Waals surface area contributed by atoms with Gasteiger partial charge >= 0.3 is 5.97 Å². The van der Waals surface area contributed by atoms with Crippen LogP contribution in [0.2, 0.25) is 0 Å². The molecule has 118 valence electrons. The van der Waals surface area contributed by atoms with Crippen molar-refractivity contribution >= 4 is 5.97 Å². The molecule has 21 heavy (non-hydrogen) atoms. The van der Waals surface area contributed by atoms with Crippen LogP contribution in [0.3, 0.4) is 0 Å². The summed E-state index contributed by atoms with van der Waals surface area (Å²) in [5.74, 6) is 0.00209. The summed E-state index contributed by atoms with van der Waals surface area (Å²) in [6.45, 7) is 7.92. The van der Waals surface area contributed by atoms with Crippen LogP contribution in [-0.4, -0.2) is 31.3 Å². The topological polar surface area (TPSA) is 47.6 Å². The molecule has 0 heterocycles. The van der Waals surface area contributed by atoms with Crippen LogP contribution < -0.4 is 10.1 Å². The van der Waals surface area contributed by atoms with Gasteiger partial charge in [-0.1, -0.05) is 6.92 Å². The number of methoxy groups -OCH3 is 1. The molecule has 0 fully saturated rings. The second-order valence-corrected chi connectivity index (χ2v) is 5.40. The Kier molecular flexibility index (Phi) is 6.15. The number of carbonyl (C=O) groups excluding carboxylic acids is 1. The summed E-state index contributed by atoms with van der Waals surface area (Å²) in [5.41, 5.74) is -0.278. The lowest BCUT2D eigenvalue weighted by atomic mass is 9.94. The molecule has 0 aromatic heterocycles. The number of nitrogens with one attached hydrogen (secondary N) is 1. The molecule has 0 spiro atoms. The van der Waals surface area contributed by atoms with Gasteiger partial charge in [0, 0.05) is 6.42 Å². The Balaban J connectivity index is 2.75. The number of esters is 1. The van der Waals surface area contributed by atoms with Gasteiger partial charge in [0.15, 0.2) is 0 Å². The van der Waals surface area contributed by atoms with Crippen molar-refractivity contribution in [3.8, 4) is 5.75 Å². The first kappa shape index (κ1) is 17.4. The number of carbonyl (C=O) groups is 1. The molecule has 0 aliphatic carbocycles. The standard InChI is InChI=1S/C16H24FNO3/c1-6-18-16(4,15(19)20-5)10-12(3)21-13-7-8-14(17)11(2)9-13/h7-9,12,18H,6,10H2,1-5H3. The van der Waals surface area contributed by atoms with Gasteiger partial charge in [-0.2, -0.15) is 0 Å². The summed E-state index contributed by atoms with van der Waals surface area (Å²) in [6.07, 6.45) is 0.224. The third-order valence-electron chi connectivity index (χ3n) is 3.37. The molecular formula is C16H24FNO3. The maximum absolute atomic E-state index is 13.2. The van der Waals surface area contributed by atoms with E-state index in [9.17, 15) is 9.18 Å². The van der Waals surface area contributed by atoms with E-state index in [0.717, 1.165) is 0 Å². The van der Waals surface area contributed by atoms with Crippen molar-refractivity contribution in [2.75, 3.05) is 13.7 Å². The minimum Gasteiger partial charge on any atom is -0.491 e. The quantitative estimate of drug-likeness (QED) is 0.786. The fourth-order valence-electron chi connectivity index (χ4n) is 2.38. The number of likely N-dealkylation sites (N-methyl/N-ethyl adjacent to an activating group) is 1. The van der Waals surface area contributed by atoms with Crippen molar-refractivity contribution in [1.82, 2.24) is 5.32 Å². The van der Waals surface area contributed by atoms with Crippen molar-refractivity contribution in [3.05, 3.63) is 29.6 Å². The Morgan fingerprint density at radius 1 is 1.48 bits per heavy atom. The van der Waals surface area contributed by atoms with Crippen LogP contribution in [0, 0.1) is 12.7 Å². The number of benzene rings is 1. The molecule has 0 radical (unpaired) electrons. The Labute approximate surface area is 125 Å². The van der Waals surface area contributed by atoms with E-state index < -0.39 is 5.54 Å². The van der Waals surface area contributed by atoms with E-state index >= 15 is 0 Å². The number of ether oxygens (including phenoxy) is 2. The summed E-state index contributed by atoms with van der Waals surface area (Å²) in [4.78, 5) is 11.9. The van der Waals surface area contributed by atoms with Gasteiger partial charge in [-0.15, -0.1) is 0 Å². The molecule has 0 bridgehead atoms. The molecule has 0 aliphatic rings. The van der Waals surface area contributed by atoms with Crippen molar-refractivity contribution in [2.24, 2.45) is 0 Å². The molecule has 1 N–H and O–H groups in total. The number of halogens is 1. The van der Waals surface area contributed by atoms with Crippen molar-refractivity contribution in [1.29, 1.82) is 0 Å². The van der Waals surface area contributed by atoms with Crippen LogP contribution in [0.15, 0.2) is 18.2 Å². The molecule has 0 saturated carbocycles. The van der Waals surface area contributed by atoms with E-state index in [2.05, 4.69) is 5.32 Å². The van der Waals surface area contributed by atoms with Crippen LogP contribution in [-0.2, 0) is 9.53 Å². The van der Waals surface area contributed by atoms with E-state index in [0.29, 0.717) is 24.3 Å². The molecule has 0 aliphatic heterocycles. The van der Waals surface area contributed by atoms with E-state index in [1.807, 2.05) is 13.8 Å². The molecule has 0 amide bonds. The normalized spacial score (nSPS) is 15.1. The van der Waals surface area contributed by atoms with E-state index in [1.165, 1.54) is 13.2 Å². The lowest BCUT2D eigenvalue weighted by Gasteiger charge is -2.30. The highest BCUT2D eigenvalue weighted by Gasteiger charge is 2.35. The fourth-order valence-corrected chi connectivity index (χ4v) is 2.38. The van der Waals surface area contributed by atoms with E-state index in [-0.39, 0.29) is 17.9 Å². The van der Waals surface area contributed by atoms with Crippen LogP contribution in [0.1, 0.15) is 32.8 Å². The SMILES string of the molecule is CCNC(C)(CC(C)Oc1ccc(F)c(C)c1)C(=O)OC. The van der Waals surface area contributed by atoms with Crippen LogP contribution >= 0.6 is 0 Å². The number of aryl methyl sites for hydroxylation is 1. The lowest BCUT2D eigenvalue weighted by molar-refractivity contribution is -0.149. The average Bonchev–Trinajstić information content (AvgIpc) is 2.42. The Morgan fingerprint density at radius 2 is 2.14 bits per heavy atom. The summed E-state index contributed by atoms with van der Waals surface area (Å²) < 4.78 is 23.9. The third-order valence-corrected chi connectivity index (χ3v) is 3.37. The van der Waals surface area contributed by atoms with Crippen molar-refractivity contribution in [3.63, 3.8) is 0 Å². The Hall–Kier alpha value is -1.62. The fraction of sp³-hybridized carbons (Fsp3) is 0.562. The van der Waals surface area contributed by atoms with Gasteiger partial charge in [-0.05, 0) is 51.1 Å². The molecule has 4 nitrogen and oxygen atoms in total. The highest BCUT2D eigenvalue weighted by Crippen LogP contribution is 2.21. The molecule has 2 unspecified atom stereocenters. The second-order valence-electron chi connectivity index (χ2n) is 5.40. The van der Waals surface area contributed by atoms with Crippen LogP contribution in [0.4, 0.5) is 4.39 Å². The maximum Gasteiger partial charge on any atom is 0.325 e. The summed E-state index contributed by atoms with van der Waals surface area (Å²) in [5, 5.41) is 3.13. The Morgan fingerprint density at radius 3 is 2.67 bits per heavy atom. The minimum absolute atomic E-state index is 0.224. The van der Waals surface area contributed by atoms with Gasteiger partial charge in [0.05, 0.1) is 13.2 Å². The van der Waals surface area contributed by atoms with Gasteiger partial charge in [-0.25, -0.2) is 4.39 Å². The van der Waals surface area contributed by atoms with Crippen LogP contribution in [0.5, 0.6) is 5.75 Å². The smallest absolute Gasteiger partial charge is 0.325 e. The van der Waals surface area contributed by atoms with Gasteiger partial charge in [0.25, 0.3) is 0 Å². The Bertz CT molecular complexity index is 492. The number of hydrogen-bond acceptors (Lipinski definition) is 4. The monoisotopic (exact) mass is 297 g/mol. The predicted molar refractivity (Wildman–Crippen MR) is 79.9 cm³/mol. The van der Waals surface area contributed by atoms with Gasteiger partial charge in [-0.3, -0.25) is 4.79 Å². The molecule has 1 aromatic rings. The number of hydrogen-bond donors (Lipinski definition) is 1. The van der Waals surface area contributed by atoms with Crippen molar-refractivity contribution in [2.45, 2.75) is 45.8 Å². The van der Waals surface area contributed by atoms with E-state index in [1.54, 1.807) is 26.0 Å². The van der Waals surface area contributed by atoms with Gasteiger partial charge < -0.3 is 14.8 Å². The molecule has 1 rings (SSSR count). The first-order valence-electron chi connectivity index (χ1n) is 7.08. The summed E-state index contributed by atoms with van der Waals surface area (Å²) in [7, 11) is 1.37. The lowest BCUT2D eigenvalue weighted by Crippen LogP contribution is -2.52. The third kappa shape index (κ3) is 4.70. The highest BCUT2D eigenvalue weighted by atomic mass is 19.1. The highest BCUT2D eigenvalue weighted by molar-refractivity contribution is 5.80. The molecule has 5 heteroatoms. The minimum atomic E-state index is -0.808. The zero-order chi connectivity index (χ0) is 16.0. The molecular weight excluding hydrogens is 273 g/mol. The zero-order valence-electron chi connectivity index (χ0n) is 13.3. The van der Waals surface area contributed by atoms with E-state index in [4.69, 9.17) is 9.47 Å². The van der Waals surface area contributed by atoms with Crippen molar-refractivity contribution < 1.29 is 18.7 Å². The first-order chi connectivity index (χ1) is 9.82. The molecule has 0 saturated heterocycles. The molecule has 2 atom stereocenters. The largest absolute Gasteiger partial charge is 0.491 e. The van der Waals surface area contributed by atoms with Crippen LogP contribution in [0.25, 0.3) is 0 Å². The molecule has 1 aromatic carbocycles. The second kappa shape index (κ2) is 7.41. The number of rotatable bonds is 7. The summed E-state index contributed by atoms with van der Waals surface area (Å²) >= 11 is 0. The van der Waals surface area contributed by atoms with Gasteiger partial charge in [0.1, 0.15) is 17.1 Å². The zero-order valence-corrected chi connectivity index (χ0v) is 13.3.